The van der Waals surface area contributed by atoms with Crippen molar-refractivity contribution in [1.82, 2.24) is 14.5 Å². The second-order valence-electron chi connectivity index (χ2n) is 6.07. The molecule has 1 aromatic carbocycles. The Hall–Kier alpha value is -1.81. The summed E-state index contributed by atoms with van der Waals surface area (Å²) < 4.78 is 3.69. The molecule has 21 heavy (non-hydrogen) atoms. The predicted molar refractivity (Wildman–Crippen MR) is 84.7 cm³/mol. The van der Waals surface area contributed by atoms with Gasteiger partial charge in [0, 0.05) is 25.0 Å². The molecule has 3 rings (SSSR count). The topological polar surface area (TPSA) is 39.0 Å². The van der Waals surface area contributed by atoms with Gasteiger partial charge in [0.15, 0.2) is 0 Å². The molecule has 1 aliphatic carbocycles. The Bertz CT molecular complexity index is 694. The number of hydrogen-bond acceptors (Lipinski definition) is 2. The van der Waals surface area contributed by atoms with Crippen LogP contribution < -0.4 is 11.0 Å². The number of imidazole rings is 1. The lowest BCUT2D eigenvalue weighted by Gasteiger charge is -2.19. The van der Waals surface area contributed by atoms with Gasteiger partial charge in [0.05, 0.1) is 6.04 Å². The molecule has 0 spiro atoms. The van der Waals surface area contributed by atoms with Crippen molar-refractivity contribution in [3.05, 3.63) is 57.8 Å². The van der Waals surface area contributed by atoms with E-state index in [0.717, 1.165) is 12.8 Å². The van der Waals surface area contributed by atoms with Crippen LogP contribution in [0.5, 0.6) is 0 Å². The molecule has 0 amide bonds. The molecule has 1 aliphatic rings. The van der Waals surface area contributed by atoms with Crippen LogP contribution in [0.3, 0.4) is 0 Å². The summed E-state index contributed by atoms with van der Waals surface area (Å²) in [5.74, 6) is 0. The van der Waals surface area contributed by atoms with Gasteiger partial charge in [-0.1, -0.05) is 23.8 Å². The first-order valence-electron chi connectivity index (χ1n) is 7.62. The summed E-state index contributed by atoms with van der Waals surface area (Å²) in [4.78, 5) is 12.4. The number of nitrogens with one attached hydrogen (secondary N) is 1. The Labute approximate surface area is 125 Å². The molecule has 1 heterocycles. The molecule has 1 aromatic heterocycles. The molecule has 112 valence electrons. The molecule has 0 radical (unpaired) electrons. The molecule has 1 unspecified atom stereocenters. The van der Waals surface area contributed by atoms with Crippen LogP contribution in [0.15, 0.2) is 35.4 Å². The quantitative estimate of drug-likeness (QED) is 0.917. The first kappa shape index (κ1) is 14.1. The van der Waals surface area contributed by atoms with E-state index in [9.17, 15) is 4.79 Å². The van der Waals surface area contributed by atoms with E-state index in [1.165, 1.54) is 16.7 Å². The number of aromatic nitrogens is 2. The largest absolute Gasteiger partial charge is 0.328 e. The molecule has 4 heteroatoms. The van der Waals surface area contributed by atoms with Crippen LogP contribution in [0.25, 0.3) is 0 Å². The summed E-state index contributed by atoms with van der Waals surface area (Å²) >= 11 is 0. The van der Waals surface area contributed by atoms with Gasteiger partial charge in [-0.3, -0.25) is 9.13 Å². The molecular formula is C17H23N3O. The normalized spacial score (nSPS) is 16.1. The van der Waals surface area contributed by atoms with Crippen molar-refractivity contribution >= 4 is 0 Å². The molecule has 1 fully saturated rings. The second-order valence-corrected chi connectivity index (χ2v) is 6.07. The Morgan fingerprint density at radius 1 is 1.29 bits per heavy atom. The van der Waals surface area contributed by atoms with E-state index in [1.54, 1.807) is 0 Å². The van der Waals surface area contributed by atoms with E-state index < -0.39 is 0 Å². The fourth-order valence-electron chi connectivity index (χ4n) is 2.96. The molecule has 1 saturated carbocycles. The average Bonchev–Trinajstić information content (AvgIpc) is 3.22. The standard InChI is InChI=1S/C17H23N3O/c1-12-4-7-15(13(2)10-12)16(18-3)11-19-8-9-20(17(19)21)14-5-6-14/h4,7-10,14,16,18H,5-6,11H2,1-3H3. The van der Waals surface area contributed by atoms with E-state index in [4.69, 9.17) is 0 Å². The molecule has 4 nitrogen and oxygen atoms in total. The van der Waals surface area contributed by atoms with E-state index in [0.29, 0.717) is 12.6 Å². The summed E-state index contributed by atoms with van der Waals surface area (Å²) in [6.45, 7) is 4.90. The summed E-state index contributed by atoms with van der Waals surface area (Å²) in [5.41, 5.74) is 3.91. The van der Waals surface area contributed by atoms with Gasteiger partial charge in [-0.25, -0.2) is 4.79 Å². The van der Waals surface area contributed by atoms with Gasteiger partial charge in [0.25, 0.3) is 0 Å². The Kier molecular flexibility index (Phi) is 3.72. The Morgan fingerprint density at radius 2 is 2.05 bits per heavy atom. The van der Waals surface area contributed by atoms with Crippen molar-refractivity contribution in [3.8, 4) is 0 Å². The smallest absolute Gasteiger partial charge is 0.312 e. The van der Waals surface area contributed by atoms with Gasteiger partial charge in [0.2, 0.25) is 0 Å². The molecular weight excluding hydrogens is 262 g/mol. The van der Waals surface area contributed by atoms with Gasteiger partial charge in [-0.15, -0.1) is 0 Å². The van der Waals surface area contributed by atoms with Crippen molar-refractivity contribution in [2.75, 3.05) is 7.05 Å². The van der Waals surface area contributed by atoms with Gasteiger partial charge in [-0.05, 0) is 44.9 Å². The summed E-state index contributed by atoms with van der Waals surface area (Å²) in [7, 11) is 1.95. The Balaban J connectivity index is 1.85. The third-order valence-electron chi connectivity index (χ3n) is 4.34. The van der Waals surface area contributed by atoms with E-state index in [2.05, 4.69) is 37.4 Å². The lowest BCUT2D eigenvalue weighted by molar-refractivity contribution is 0.482. The van der Waals surface area contributed by atoms with Crippen LogP contribution >= 0.6 is 0 Å². The number of likely N-dealkylation sites (N-methyl/N-ethyl adjacent to an activating group) is 1. The predicted octanol–water partition coefficient (Wildman–Crippen LogP) is 2.56. The maximum Gasteiger partial charge on any atom is 0.328 e. The van der Waals surface area contributed by atoms with Gasteiger partial charge in [-0.2, -0.15) is 0 Å². The number of aryl methyl sites for hydroxylation is 2. The molecule has 1 atom stereocenters. The minimum absolute atomic E-state index is 0.113. The van der Waals surface area contributed by atoms with Crippen molar-refractivity contribution < 1.29 is 0 Å². The van der Waals surface area contributed by atoms with Gasteiger partial charge >= 0.3 is 5.69 Å². The average molecular weight is 285 g/mol. The third-order valence-corrected chi connectivity index (χ3v) is 4.34. The van der Waals surface area contributed by atoms with Crippen molar-refractivity contribution in [2.24, 2.45) is 0 Å². The highest BCUT2D eigenvalue weighted by Gasteiger charge is 2.26. The van der Waals surface area contributed by atoms with Gasteiger partial charge in [0.1, 0.15) is 0 Å². The highest BCUT2D eigenvalue weighted by Crippen LogP contribution is 2.33. The number of hydrogen-bond donors (Lipinski definition) is 1. The highest BCUT2D eigenvalue weighted by molar-refractivity contribution is 5.32. The molecule has 1 N–H and O–H groups in total. The monoisotopic (exact) mass is 285 g/mol. The van der Waals surface area contributed by atoms with Crippen LogP contribution in [0, 0.1) is 13.8 Å². The minimum Gasteiger partial charge on any atom is -0.312 e. The van der Waals surface area contributed by atoms with Crippen LogP contribution in [-0.2, 0) is 6.54 Å². The summed E-state index contributed by atoms with van der Waals surface area (Å²) in [6.07, 6.45) is 6.11. The lowest BCUT2D eigenvalue weighted by atomic mass is 9.99. The number of nitrogens with zero attached hydrogens (tertiary/aromatic N) is 2. The zero-order chi connectivity index (χ0) is 15.0. The minimum atomic E-state index is 0.113. The zero-order valence-corrected chi connectivity index (χ0v) is 13.0. The van der Waals surface area contributed by atoms with Crippen molar-refractivity contribution in [3.63, 3.8) is 0 Å². The van der Waals surface area contributed by atoms with E-state index >= 15 is 0 Å². The van der Waals surface area contributed by atoms with Crippen LogP contribution in [0.2, 0.25) is 0 Å². The summed E-state index contributed by atoms with van der Waals surface area (Å²) in [6, 6.07) is 7.07. The Morgan fingerprint density at radius 3 is 2.67 bits per heavy atom. The SMILES string of the molecule is CNC(Cn1ccn(C2CC2)c1=O)c1ccc(C)cc1C. The first-order chi connectivity index (χ1) is 10.1. The fourth-order valence-corrected chi connectivity index (χ4v) is 2.96. The molecule has 2 aromatic rings. The van der Waals surface area contributed by atoms with Crippen LogP contribution in [0.1, 0.15) is 41.6 Å². The molecule has 0 bridgehead atoms. The zero-order valence-electron chi connectivity index (χ0n) is 13.0. The van der Waals surface area contributed by atoms with Crippen LogP contribution in [0.4, 0.5) is 0 Å². The van der Waals surface area contributed by atoms with Crippen LogP contribution in [-0.4, -0.2) is 16.2 Å². The van der Waals surface area contributed by atoms with Crippen molar-refractivity contribution in [2.45, 2.75) is 45.3 Å². The van der Waals surface area contributed by atoms with E-state index in [1.807, 2.05) is 28.6 Å². The fraction of sp³-hybridized carbons (Fsp3) is 0.471. The maximum atomic E-state index is 12.4. The third kappa shape index (κ3) is 2.81. The molecule has 0 aliphatic heterocycles. The van der Waals surface area contributed by atoms with Gasteiger partial charge < -0.3 is 5.32 Å². The number of benzene rings is 1. The van der Waals surface area contributed by atoms with Crippen molar-refractivity contribution in [1.29, 1.82) is 0 Å². The second kappa shape index (κ2) is 5.53. The number of rotatable bonds is 5. The maximum absolute atomic E-state index is 12.4. The van der Waals surface area contributed by atoms with E-state index in [-0.39, 0.29) is 11.7 Å². The highest BCUT2D eigenvalue weighted by atomic mass is 16.1. The first-order valence-corrected chi connectivity index (χ1v) is 7.62. The molecule has 0 saturated heterocycles. The lowest BCUT2D eigenvalue weighted by Crippen LogP contribution is -2.30. The summed E-state index contributed by atoms with van der Waals surface area (Å²) in [5, 5.41) is 3.34.